The van der Waals surface area contributed by atoms with Gasteiger partial charge in [-0.1, -0.05) is 52.4 Å². The van der Waals surface area contributed by atoms with Crippen LogP contribution in [-0.2, 0) is 9.59 Å². The van der Waals surface area contributed by atoms with Crippen molar-refractivity contribution in [3.63, 3.8) is 0 Å². The minimum absolute atomic E-state index is 0.112. The van der Waals surface area contributed by atoms with Crippen LogP contribution in [0.2, 0.25) is 0 Å². The van der Waals surface area contributed by atoms with Gasteiger partial charge in [0.15, 0.2) is 0 Å². The molecule has 2 saturated carbocycles. The maximum absolute atomic E-state index is 12.9. The fourth-order valence-corrected chi connectivity index (χ4v) is 6.94. The highest BCUT2D eigenvalue weighted by Gasteiger charge is 2.27. The zero-order chi connectivity index (χ0) is 28.6. The maximum atomic E-state index is 12.9. The van der Waals surface area contributed by atoms with Crippen molar-refractivity contribution in [2.24, 2.45) is 23.7 Å². The largest absolute Gasteiger partial charge is 0.338 e. The second-order valence-electron chi connectivity index (χ2n) is 12.6. The van der Waals surface area contributed by atoms with Crippen molar-refractivity contribution in [2.45, 2.75) is 104 Å². The third-order valence-corrected chi connectivity index (χ3v) is 9.52. The Bertz CT molecular complexity index is 1280. The van der Waals surface area contributed by atoms with Gasteiger partial charge in [0.25, 0.3) is 0 Å². The molecule has 0 spiro atoms. The molecule has 1 aromatic heterocycles. The Morgan fingerprint density at radius 1 is 0.732 bits per heavy atom. The SMILES string of the molecule is CCCCCC1CCC(C(=O)Nc2ccc(-c3nc4ccc(NC(=O)C5CCC(CCC)CC5)cc4[nH]3)cc2)CC1. The van der Waals surface area contributed by atoms with E-state index in [1.54, 1.807) is 0 Å². The molecule has 2 fully saturated rings. The number of H-pyrrole nitrogens is 1. The monoisotopic (exact) mass is 556 g/mol. The van der Waals surface area contributed by atoms with Gasteiger partial charge in [0, 0.05) is 28.8 Å². The Balaban J connectivity index is 1.13. The predicted octanol–water partition coefficient (Wildman–Crippen LogP) is 9.10. The van der Waals surface area contributed by atoms with Gasteiger partial charge in [0.2, 0.25) is 11.8 Å². The van der Waals surface area contributed by atoms with Crippen LogP contribution >= 0.6 is 0 Å². The van der Waals surface area contributed by atoms with Gasteiger partial charge in [-0.15, -0.1) is 0 Å². The zero-order valence-electron chi connectivity index (χ0n) is 25.0. The molecule has 0 bridgehead atoms. The third-order valence-electron chi connectivity index (χ3n) is 9.52. The summed E-state index contributed by atoms with van der Waals surface area (Å²) >= 11 is 0. The van der Waals surface area contributed by atoms with Gasteiger partial charge in [-0.25, -0.2) is 4.98 Å². The highest BCUT2D eigenvalue weighted by molar-refractivity contribution is 5.95. The Morgan fingerprint density at radius 2 is 1.32 bits per heavy atom. The Morgan fingerprint density at radius 3 is 1.93 bits per heavy atom. The van der Waals surface area contributed by atoms with E-state index in [2.05, 4.69) is 29.5 Å². The fourth-order valence-electron chi connectivity index (χ4n) is 6.94. The third kappa shape index (κ3) is 7.78. The van der Waals surface area contributed by atoms with E-state index >= 15 is 0 Å². The molecule has 6 nitrogen and oxygen atoms in total. The van der Waals surface area contributed by atoms with E-state index in [-0.39, 0.29) is 23.7 Å². The number of hydrogen-bond acceptors (Lipinski definition) is 3. The van der Waals surface area contributed by atoms with Gasteiger partial charge in [-0.3, -0.25) is 9.59 Å². The lowest BCUT2D eigenvalue weighted by atomic mass is 9.79. The lowest BCUT2D eigenvalue weighted by Crippen LogP contribution is -2.27. The van der Waals surface area contributed by atoms with Gasteiger partial charge in [0.1, 0.15) is 5.82 Å². The number of benzene rings is 2. The molecule has 0 radical (unpaired) electrons. The van der Waals surface area contributed by atoms with Crippen LogP contribution in [0.25, 0.3) is 22.4 Å². The minimum atomic E-state index is 0.112. The number of nitrogens with one attached hydrogen (secondary N) is 3. The molecule has 0 atom stereocenters. The molecule has 2 amide bonds. The van der Waals surface area contributed by atoms with E-state index in [0.717, 1.165) is 84.2 Å². The predicted molar refractivity (Wildman–Crippen MR) is 169 cm³/mol. The smallest absolute Gasteiger partial charge is 0.227 e. The first-order chi connectivity index (χ1) is 20.0. The molecule has 41 heavy (non-hydrogen) atoms. The van der Waals surface area contributed by atoms with Crippen LogP contribution in [0.1, 0.15) is 104 Å². The van der Waals surface area contributed by atoms with E-state index < -0.39 is 0 Å². The number of carbonyl (C=O) groups is 2. The lowest BCUT2D eigenvalue weighted by Gasteiger charge is -2.27. The van der Waals surface area contributed by atoms with Crippen LogP contribution in [0.3, 0.4) is 0 Å². The van der Waals surface area contributed by atoms with Gasteiger partial charge in [-0.05, 0) is 106 Å². The number of hydrogen-bond donors (Lipinski definition) is 3. The average Bonchev–Trinajstić information content (AvgIpc) is 3.42. The fraction of sp³-hybridized carbons (Fsp3) is 0.571. The van der Waals surface area contributed by atoms with Crippen LogP contribution in [0.4, 0.5) is 11.4 Å². The summed E-state index contributed by atoms with van der Waals surface area (Å²) in [6.45, 7) is 4.49. The molecule has 2 aromatic carbocycles. The summed E-state index contributed by atoms with van der Waals surface area (Å²) in [4.78, 5) is 34.0. The molecule has 0 unspecified atom stereocenters. The summed E-state index contributed by atoms with van der Waals surface area (Å²) < 4.78 is 0. The number of amides is 2. The number of nitrogens with zero attached hydrogens (tertiary/aromatic N) is 1. The Hall–Kier alpha value is -3.15. The molecule has 0 aliphatic heterocycles. The number of aromatic amines is 1. The highest BCUT2D eigenvalue weighted by atomic mass is 16.2. The molecule has 0 saturated heterocycles. The van der Waals surface area contributed by atoms with E-state index in [4.69, 9.17) is 4.98 Å². The summed E-state index contributed by atoms with van der Waals surface area (Å²) in [7, 11) is 0. The quantitative estimate of drug-likeness (QED) is 0.206. The van der Waals surface area contributed by atoms with Crippen molar-refractivity contribution in [1.29, 1.82) is 0 Å². The number of unbranched alkanes of at least 4 members (excludes halogenated alkanes) is 2. The van der Waals surface area contributed by atoms with Gasteiger partial charge in [-0.2, -0.15) is 0 Å². The first kappa shape index (κ1) is 29.3. The second-order valence-corrected chi connectivity index (χ2v) is 12.6. The molecule has 2 aliphatic carbocycles. The first-order valence-corrected chi connectivity index (χ1v) is 16.2. The van der Waals surface area contributed by atoms with Gasteiger partial charge >= 0.3 is 0 Å². The number of imidazole rings is 1. The summed E-state index contributed by atoms with van der Waals surface area (Å²) in [6.07, 6.45) is 16.4. The number of fused-ring (bicyclic) bond motifs is 1. The number of carbonyl (C=O) groups excluding carboxylic acids is 2. The number of aromatic nitrogens is 2. The second kappa shape index (κ2) is 14.2. The molecule has 3 aromatic rings. The van der Waals surface area contributed by atoms with Crippen LogP contribution in [0, 0.1) is 23.7 Å². The molecule has 3 N–H and O–H groups in total. The molecule has 220 valence electrons. The Kier molecular flexibility index (Phi) is 10.1. The lowest BCUT2D eigenvalue weighted by molar-refractivity contribution is -0.121. The van der Waals surface area contributed by atoms with Crippen molar-refractivity contribution in [3.05, 3.63) is 42.5 Å². The summed E-state index contributed by atoms with van der Waals surface area (Å²) in [5.74, 6) is 2.89. The van der Waals surface area contributed by atoms with Crippen molar-refractivity contribution in [2.75, 3.05) is 10.6 Å². The summed E-state index contributed by atoms with van der Waals surface area (Å²) in [5, 5.41) is 6.27. The molecule has 1 heterocycles. The van der Waals surface area contributed by atoms with Crippen LogP contribution in [0.5, 0.6) is 0 Å². The molecular formula is C35H48N4O2. The zero-order valence-corrected chi connectivity index (χ0v) is 25.0. The van der Waals surface area contributed by atoms with Gasteiger partial charge < -0.3 is 15.6 Å². The Labute approximate surface area is 245 Å². The summed E-state index contributed by atoms with van der Waals surface area (Å²) in [6, 6.07) is 13.8. The normalized spacial score (nSPS) is 22.9. The molecule has 5 rings (SSSR count). The van der Waals surface area contributed by atoms with E-state index in [1.165, 1.54) is 51.4 Å². The minimum Gasteiger partial charge on any atom is -0.338 e. The van der Waals surface area contributed by atoms with Crippen molar-refractivity contribution in [1.82, 2.24) is 9.97 Å². The van der Waals surface area contributed by atoms with E-state index in [1.807, 2.05) is 42.5 Å². The number of rotatable bonds is 11. The van der Waals surface area contributed by atoms with Crippen LogP contribution < -0.4 is 10.6 Å². The van der Waals surface area contributed by atoms with Crippen LogP contribution in [-0.4, -0.2) is 21.8 Å². The van der Waals surface area contributed by atoms with E-state index in [0.29, 0.717) is 0 Å². The summed E-state index contributed by atoms with van der Waals surface area (Å²) in [5.41, 5.74) is 4.35. The van der Waals surface area contributed by atoms with Gasteiger partial charge in [0.05, 0.1) is 11.0 Å². The highest BCUT2D eigenvalue weighted by Crippen LogP contribution is 2.34. The van der Waals surface area contributed by atoms with Crippen molar-refractivity contribution in [3.8, 4) is 11.4 Å². The average molecular weight is 557 g/mol. The van der Waals surface area contributed by atoms with E-state index in [9.17, 15) is 9.59 Å². The molecule has 2 aliphatic rings. The first-order valence-electron chi connectivity index (χ1n) is 16.2. The van der Waals surface area contributed by atoms with Crippen molar-refractivity contribution < 1.29 is 9.59 Å². The maximum Gasteiger partial charge on any atom is 0.227 e. The van der Waals surface area contributed by atoms with Crippen LogP contribution in [0.15, 0.2) is 42.5 Å². The molecule has 6 heteroatoms. The molecular weight excluding hydrogens is 508 g/mol. The topological polar surface area (TPSA) is 86.9 Å². The standard InChI is InChI=1S/C35H48N4O2/c1-3-5-6-8-25-11-15-27(16-12-25)34(40)36-29-19-17-26(18-20-29)33-38-31-22-21-30(23-32(31)39-33)37-35(41)28-13-9-24(7-4-2)10-14-28/h17-25,27-28H,3-16H2,1-2H3,(H,36,40)(H,37,41)(H,38,39). The number of anilines is 2. The van der Waals surface area contributed by atoms with Crippen molar-refractivity contribution >= 4 is 34.2 Å².